The second-order valence-corrected chi connectivity index (χ2v) is 4.75. The first-order valence-electron chi connectivity index (χ1n) is 5.06. The molecule has 0 aliphatic rings. The van der Waals surface area contributed by atoms with Crippen LogP contribution >= 0.6 is 22.6 Å². The van der Waals surface area contributed by atoms with Gasteiger partial charge in [0.25, 0.3) is 0 Å². The second-order valence-electron chi connectivity index (χ2n) is 3.59. The molecule has 0 bridgehead atoms. The highest BCUT2D eigenvalue weighted by Crippen LogP contribution is 2.32. The van der Waals surface area contributed by atoms with Gasteiger partial charge in [-0.3, -0.25) is 0 Å². The molecule has 2 aromatic rings. The van der Waals surface area contributed by atoms with Crippen LogP contribution in [-0.2, 0) is 0 Å². The first kappa shape index (κ1) is 12.6. The minimum atomic E-state index is 0.412. The van der Waals surface area contributed by atoms with Crippen molar-refractivity contribution >= 4 is 28.3 Å². The van der Waals surface area contributed by atoms with Crippen LogP contribution in [0.3, 0.4) is 0 Å². The molecule has 1 aromatic heterocycles. The molecule has 0 amide bonds. The van der Waals surface area contributed by atoms with E-state index in [-0.39, 0.29) is 0 Å². The molecule has 0 atom stereocenters. The van der Waals surface area contributed by atoms with Crippen LogP contribution in [0.25, 0.3) is 0 Å². The summed E-state index contributed by atoms with van der Waals surface area (Å²) in [6.07, 6.45) is 1.43. The molecule has 1 aromatic carbocycles. The van der Waals surface area contributed by atoms with Gasteiger partial charge in [0.15, 0.2) is 5.75 Å². The van der Waals surface area contributed by atoms with E-state index in [0.717, 1.165) is 9.26 Å². The summed E-state index contributed by atoms with van der Waals surface area (Å²) in [5.41, 5.74) is 7.58. The van der Waals surface area contributed by atoms with Crippen LogP contribution in [0.2, 0.25) is 0 Å². The van der Waals surface area contributed by atoms with Crippen LogP contribution in [0.1, 0.15) is 11.3 Å². The molecule has 6 heteroatoms. The molecule has 1 heterocycles. The van der Waals surface area contributed by atoms with Crippen molar-refractivity contribution in [2.45, 2.75) is 6.92 Å². The Labute approximate surface area is 118 Å². The molecular weight excluding hydrogens is 343 g/mol. The molecular formula is C12H9IN4O. The van der Waals surface area contributed by atoms with E-state index in [1.165, 1.54) is 6.33 Å². The fraction of sp³-hybridized carbons (Fsp3) is 0.0833. The summed E-state index contributed by atoms with van der Waals surface area (Å²) in [5.74, 6) is 0.935. The third-order valence-corrected chi connectivity index (χ3v) is 2.99. The molecule has 0 aliphatic heterocycles. The van der Waals surface area contributed by atoms with Crippen molar-refractivity contribution in [3.05, 3.63) is 39.4 Å². The second kappa shape index (κ2) is 5.18. The highest BCUT2D eigenvalue weighted by Gasteiger charge is 2.10. The average molecular weight is 352 g/mol. The van der Waals surface area contributed by atoms with Gasteiger partial charge in [0.1, 0.15) is 6.33 Å². The van der Waals surface area contributed by atoms with Gasteiger partial charge in [0.05, 0.1) is 20.9 Å². The lowest BCUT2D eigenvalue weighted by Gasteiger charge is -2.10. The highest BCUT2D eigenvalue weighted by atomic mass is 127. The van der Waals surface area contributed by atoms with Gasteiger partial charge in [-0.2, -0.15) is 5.26 Å². The van der Waals surface area contributed by atoms with Gasteiger partial charge < -0.3 is 10.5 Å². The summed E-state index contributed by atoms with van der Waals surface area (Å²) in [6.45, 7) is 1.85. The van der Waals surface area contributed by atoms with Crippen molar-refractivity contribution in [2.75, 3.05) is 5.73 Å². The monoisotopic (exact) mass is 352 g/mol. The summed E-state index contributed by atoms with van der Waals surface area (Å²) < 4.78 is 6.39. The number of nitrogens with two attached hydrogens (primary N) is 1. The number of benzene rings is 1. The van der Waals surface area contributed by atoms with Crippen molar-refractivity contribution in [3.63, 3.8) is 0 Å². The van der Waals surface area contributed by atoms with Crippen molar-refractivity contribution in [3.8, 4) is 17.7 Å². The van der Waals surface area contributed by atoms with E-state index in [9.17, 15) is 0 Å². The Morgan fingerprint density at radius 1 is 1.33 bits per heavy atom. The Morgan fingerprint density at radius 3 is 2.72 bits per heavy atom. The van der Waals surface area contributed by atoms with Crippen molar-refractivity contribution in [1.82, 2.24) is 9.97 Å². The van der Waals surface area contributed by atoms with Crippen molar-refractivity contribution in [1.29, 1.82) is 5.26 Å². The van der Waals surface area contributed by atoms with Crippen molar-refractivity contribution < 1.29 is 4.74 Å². The molecule has 90 valence electrons. The van der Waals surface area contributed by atoms with E-state index < -0.39 is 0 Å². The number of ether oxygens (including phenoxy) is 1. The zero-order chi connectivity index (χ0) is 13.1. The Kier molecular flexibility index (Phi) is 3.62. The van der Waals surface area contributed by atoms with E-state index in [1.807, 2.05) is 13.0 Å². The third kappa shape index (κ3) is 2.68. The molecule has 0 saturated carbocycles. The summed E-state index contributed by atoms with van der Waals surface area (Å²) >= 11 is 2.07. The van der Waals surface area contributed by atoms with Gasteiger partial charge in [-0.25, -0.2) is 9.97 Å². The normalized spacial score (nSPS) is 9.83. The summed E-state index contributed by atoms with van der Waals surface area (Å²) in [5, 5.41) is 8.83. The molecule has 0 unspecified atom stereocenters. The van der Waals surface area contributed by atoms with Gasteiger partial charge in [-0.05, 0) is 41.6 Å². The summed E-state index contributed by atoms with van der Waals surface area (Å²) in [6, 6.07) is 7.04. The zero-order valence-electron chi connectivity index (χ0n) is 9.51. The van der Waals surface area contributed by atoms with Crippen LogP contribution in [0.5, 0.6) is 11.6 Å². The third-order valence-electron chi connectivity index (χ3n) is 2.19. The predicted octanol–water partition coefficient (Wildman–Crippen LogP) is 2.64. The maximum Gasteiger partial charge on any atom is 0.222 e. The quantitative estimate of drug-likeness (QED) is 0.664. The largest absolute Gasteiger partial charge is 0.436 e. The van der Waals surface area contributed by atoms with Crippen molar-refractivity contribution in [2.24, 2.45) is 0 Å². The zero-order valence-corrected chi connectivity index (χ0v) is 11.7. The Hall–Kier alpha value is -1.88. The number of aryl methyl sites for hydroxylation is 1. The number of aromatic nitrogens is 2. The van der Waals surface area contributed by atoms with E-state index >= 15 is 0 Å². The molecule has 0 aliphatic carbocycles. The number of halogens is 1. The first-order chi connectivity index (χ1) is 8.60. The minimum absolute atomic E-state index is 0.412. The SMILES string of the molecule is Cc1cc(Oc2c(N)cc(C#N)cc2I)ncn1. The Balaban J connectivity index is 2.38. The van der Waals surface area contributed by atoms with Gasteiger partial charge in [-0.1, -0.05) is 0 Å². The maximum absolute atomic E-state index is 8.83. The number of nitriles is 1. The van der Waals surface area contributed by atoms with Crippen LogP contribution in [0.15, 0.2) is 24.5 Å². The molecule has 0 fully saturated rings. The highest BCUT2D eigenvalue weighted by molar-refractivity contribution is 14.1. The van der Waals surface area contributed by atoms with Gasteiger partial charge in [0, 0.05) is 11.8 Å². The van der Waals surface area contributed by atoms with Gasteiger partial charge >= 0.3 is 0 Å². The molecule has 0 spiro atoms. The molecule has 0 radical (unpaired) electrons. The molecule has 18 heavy (non-hydrogen) atoms. The number of hydrogen-bond acceptors (Lipinski definition) is 5. The van der Waals surface area contributed by atoms with Gasteiger partial charge in [-0.15, -0.1) is 0 Å². The maximum atomic E-state index is 8.83. The van der Waals surface area contributed by atoms with Crippen LogP contribution < -0.4 is 10.5 Å². The predicted molar refractivity (Wildman–Crippen MR) is 75.1 cm³/mol. The lowest BCUT2D eigenvalue weighted by atomic mass is 10.2. The van der Waals surface area contributed by atoms with E-state index in [1.54, 1.807) is 18.2 Å². The average Bonchev–Trinajstić information content (AvgIpc) is 2.33. The summed E-state index contributed by atoms with van der Waals surface area (Å²) in [4.78, 5) is 7.99. The number of nitrogens with zero attached hydrogens (tertiary/aromatic N) is 3. The molecule has 0 saturated heterocycles. The summed E-state index contributed by atoms with van der Waals surface area (Å²) in [7, 11) is 0. The standard InChI is InChI=1S/C12H9IN4O/c1-7-2-11(17-6-16-7)18-12-9(13)3-8(5-14)4-10(12)15/h2-4,6H,15H2,1H3. The van der Waals surface area contributed by atoms with Gasteiger partial charge in [0.2, 0.25) is 5.88 Å². The lowest BCUT2D eigenvalue weighted by molar-refractivity contribution is 0.460. The van der Waals surface area contributed by atoms with Crippen LogP contribution in [-0.4, -0.2) is 9.97 Å². The number of anilines is 1. The minimum Gasteiger partial charge on any atom is -0.436 e. The number of hydrogen-bond donors (Lipinski definition) is 1. The van der Waals surface area contributed by atoms with E-state index in [2.05, 4.69) is 32.6 Å². The van der Waals surface area contributed by atoms with Crippen LogP contribution in [0.4, 0.5) is 5.69 Å². The lowest BCUT2D eigenvalue weighted by Crippen LogP contribution is -1.98. The van der Waals surface area contributed by atoms with Crippen LogP contribution in [0, 0.1) is 21.8 Å². The fourth-order valence-electron chi connectivity index (χ4n) is 1.38. The Bertz CT molecular complexity index is 613. The van der Waals surface area contributed by atoms with E-state index in [4.69, 9.17) is 15.7 Å². The Morgan fingerprint density at radius 2 is 2.11 bits per heavy atom. The molecule has 2 rings (SSSR count). The fourth-order valence-corrected chi connectivity index (χ4v) is 2.13. The smallest absolute Gasteiger partial charge is 0.222 e. The molecule has 5 nitrogen and oxygen atoms in total. The van der Waals surface area contributed by atoms with E-state index in [0.29, 0.717) is 22.9 Å². The molecule has 2 N–H and O–H groups in total. The first-order valence-corrected chi connectivity index (χ1v) is 6.13. The number of nitrogen functional groups attached to an aromatic ring is 1. The number of rotatable bonds is 2. The topological polar surface area (TPSA) is 84.8 Å².